The lowest BCUT2D eigenvalue weighted by atomic mass is 10.0. The van der Waals surface area contributed by atoms with Gasteiger partial charge in [-0.05, 0) is 26.3 Å². The highest BCUT2D eigenvalue weighted by molar-refractivity contribution is 5.86. The number of carbonyl (C=O) groups is 1. The third-order valence-electron chi connectivity index (χ3n) is 2.31. The van der Waals surface area contributed by atoms with Gasteiger partial charge >= 0.3 is 5.97 Å². The highest BCUT2D eigenvalue weighted by Gasteiger charge is 2.14. The number of carboxylic acids is 1. The number of carboxylic acid groups (broad SMARTS) is 1. The molecule has 0 aliphatic carbocycles. The van der Waals surface area contributed by atoms with E-state index in [1.54, 1.807) is 0 Å². The Morgan fingerprint density at radius 2 is 1.93 bits per heavy atom. The topological polar surface area (TPSA) is 40.5 Å². The van der Waals surface area contributed by atoms with E-state index in [4.69, 9.17) is 5.11 Å². The molecule has 0 bridgehead atoms. The Bertz CT molecular complexity index is 211. The Balaban J connectivity index is 4.00. The summed E-state index contributed by atoms with van der Waals surface area (Å²) in [5.41, 5.74) is 0.253. The highest BCUT2D eigenvalue weighted by Crippen LogP contribution is 2.10. The van der Waals surface area contributed by atoms with E-state index in [0.717, 1.165) is 6.42 Å². The molecule has 0 aromatic carbocycles. The lowest BCUT2D eigenvalue weighted by molar-refractivity contribution is -0.132. The zero-order valence-electron chi connectivity index (χ0n) is 9.58. The Morgan fingerprint density at radius 3 is 2.29 bits per heavy atom. The Kier molecular flexibility index (Phi) is 5.46. The molecule has 82 valence electrons. The van der Waals surface area contributed by atoms with Crippen LogP contribution in [0.1, 0.15) is 27.2 Å². The molecule has 0 saturated carbocycles. The zero-order chi connectivity index (χ0) is 11.3. The van der Waals surface area contributed by atoms with Crippen LogP contribution in [0, 0.1) is 5.92 Å². The summed E-state index contributed by atoms with van der Waals surface area (Å²) in [5.74, 6) is -0.279. The minimum absolute atomic E-state index is 0.253. The monoisotopic (exact) mass is 199 g/mol. The molecule has 0 spiro atoms. The number of aliphatic carboxylic acids is 1. The number of nitrogens with zero attached hydrogens (tertiary/aromatic N) is 1. The first-order chi connectivity index (χ1) is 6.34. The van der Waals surface area contributed by atoms with Crippen molar-refractivity contribution in [1.82, 2.24) is 4.90 Å². The Morgan fingerprint density at radius 1 is 1.43 bits per heavy atom. The summed E-state index contributed by atoms with van der Waals surface area (Å²) in [7, 11) is 1.93. The third kappa shape index (κ3) is 5.02. The molecule has 1 N–H and O–H groups in total. The molecule has 0 fully saturated rings. The fourth-order valence-corrected chi connectivity index (χ4v) is 1.39. The molecule has 0 rings (SSSR count). The fraction of sp³-hybridized carbons (Fsp3) is 0.727. The zero-order valence-corrected chi connectivity index (χ0v) is 9.58. The van der Waals surface area contributed by atoms with Crippen molar-refractivity contribution in [3.63, 3.8) is 0 Å². The highest BCUT2D eigenvalue weighted by atomic mass is 16.4. The van der Waals surface area contributed by atoms with Gasteiger partial charge in [0.05, 0.1) is 0 Å². The second kappa shape index (κ2) is 5.81. The van der Waals surface area contributed by atoms with E-state index in [2.05, 4.69) is 27.4 Å². The van der Waals surface area contributed by atoms with Gasteiger partial charge in [-0.3, -0.25) is 4.90 Å². The maximum Gasteiger partial charge on any atom is 0.332 e. The molecule has 3 heteroatoms. The second-order valence-corrected chi connectivity index (χ2v) is 4.30. The van der Waals surface area contributed by atoms with Crippen LogP contribution in [-0.4, -0.2) is 35.6 Å². The summed E-state index contributed by atoms with van der Waals surface area (Å²) < 4.78 is 0. The van der Waals surface area contributed by atoms with Crippen LogP contribution in [0.5, 0.6) is 0 Å². The molecule has 0 heterocycles. The van der Waals surface area contributed by atoms with Crippen LogP contribution in [-0.2, 0) is 4.79 Å². The van der Waals surface area contributed by atoms with Gasteiger partial charge in [0.15, 0.2) is 0 Å². The van der Waals surface area contributed by atoms with Gasteiger partial charge < -0.3 is 5.11 Å². The largest absolute Gasteiger partial charge is 0.478 e. The molecule has 0 aliphatic heterocycles. The average Bonchev–Trinajstić information content (AvgIpc) is 2.02. The maximum absolute atomic E-state index is 10.6. The normalized spacial score (nSPS) is 13.3. The molecule has 0 amide bonds. The van der Waals surface area contributed by atoms with Gasteiger partial charge in [0.1, 0.15) is 0 Å². The molecule has 0 aromatic heterocycles. The van der Waals surface area contributed by atoms with E-state index in [9.17, 15) is 4.79 Å². The van der Waals surface area contributed by atoms with Crippen molar-refractivity contribution in [2.75, 3.05) is 13.6 Å². The number of likely N-dealkylation sites (N-methyl/N-ethyl adjacent to an activating group) is 1. The maximum atomic E-state index is 10.6. The lowest BCUT2D eigenvalue weighted by Crippen LogP contribution is -2.33. The first-order valence-electron chi connectivity index (χ1n) is 4.96. The summed E-state index contributed by atoms with van der Waals surface area (Å²) >= 11 is 0. The molecular weight excluding hydrogens is 178 g/mol. The first-order valence-corrected chi connectivity index (χ1v) is 4.96. The summed E-state index contributed by atoms with van der Waals surface area (Å²) in [4.78, 5) is 12.6. The van der Waals surface area contributed by atoms with Crippen LogP contribution in [0.3, 0.4) is 0 Å². The number of hydrogen-bond donors (Lipinski definition) is 1. The van der Waals surface area contributed by atoms with Crippen LogP contribution in [0.15, 0.2) is 12.2 Å². The first kappa shape index (κ1) is 13.2. The van der Waals surface area contributed by atoms with Crippen LogP contribution < -0.4 is 0 Å². The third-order valence-corrected chi connectivity index (χ3v) is 2.31. The van der Waals surface area contributed by atoms with Gasteiger partial charge in [-0.25, -0.2) is 4.79 Å². The predicted molar refractivity (Wildman–Crippen MR) is 58.3 cm³/mol. The summed E-state index contributed by atoms with van der Waals surface area (Å²) in [6.45, 7) is 10.4. The van der Waals surface area contributed by atoms with Crippen molar-refractivity contribution < 1.29 is 9.90 Å². The van der Waals surface area contributed by atoms with Gasteiger partial charge in [0, 0.05) is 18.2 Å². The standard InChI is InChI=1S/C11H21NO2/c1-8(2)6-10(4)12(5)7-9(3)11(13)14/h8,10H,3,6-7H2,1-2,4-5H3,(H,13,14). The Hall–Kier alpha value is -0.830. The van der Waals surface area contributed by atoms with E-state index in [1.165, 1.54) is 0 Å². The SMILES string of the molecule is C=C(CN(C)C(C)CC(C)C)C(=O)O. The van der Waals surface area contributed by atoms with Crippen LogP contribution in [0.2, 0.25) is 0 Å². The van der Waals surface area contributed by atoms with Gasteiger partial charge in [0.2, 0.25) is 0 Å². The van der Waals surface area contributed by atoms with E-state index in [-0.39, 0.29) is 5.57 Å². The fourth-order valence-electron chi connectivity index (χ4n) is 1.39. The van der Waals surface area contributed by atoms with E-state index < -0.39 is 5.97 Å². The minimum Gasteiger partial charge on any atom is -0.478 e. The van der Waals surface area contributed by atoms with Crippen molar-refractivity contribution in [2.45, 2.75) is 33.2 Å². The summed E-state index contributed by atoms with van der Waals surface area (Å²) in [5, 5.41) is 8.67. The van der Waals surface area contributed by atoms with Gasteiger partial charge in [-0.2, -0.15) is 0 Å². The van der Waals surface area contributed by atoms with Crippen LogP contribution >= 0.6 is 0 Å². The predicted octanol–water partition coefficient (Wildman–Crippen LogP) is 1.99. The quantitative estimate of drug-likeness (QED) is 0.665. The summed E-state index contributed by atoms with van der Waals surface area (Å²) in [6, 6.07) is 0.395. The smallest absolute Gasteiger partial charge is 0.332 e. The Labute approximate surface area is 86.4 Å². The van der Waals surface area contributed by atoms with Crippen molar-refractivity contribution in [2.24, 2.45) is 5.92 Å². The molecule has 0 aromatic rings. The van der Waals surface area contributed by atoms with Crippen LogP contribution in [0.25, 0.3) is 0 Å². The van der Waals surface area contributed by atoms with Crippen molar-refractivity contribution in [3.05, 3.63) is 12.2 Å². The second-order valence-electron chi connectivity index (χ2n) is 4.30. The van der Waals surface area contributed by atoms with Gasteiger partial charge in [0.25, 0.3) is 0 Å². The molecule has 0 radical (unpaired) electrons. The van der Waals surface area contributed by atoms with E-state index in [1.807, 2.05) is 11.9 Å². The minimum atomic E-state index is -0.909. The molecule has 1 atom stereocenters. The van der Waals surface area contributed by atoms with Gasteiger partial charge in [-0.15, -0.1) is 0 Å². The number of rotatable bonds is 6. The lowest BCUT2D eigenvalue weighted by Gasteiger charge is -2.25. The van der Waals surface area contributed by atoms with E-state index in [0.29, 0.717) is 18.5 Å². The van der Waals surface area contributed by atoms with Crippen molar-refractivity contribution in [1.29, 1.82) is 0 Å². The van der Waals surface area contributed by atoms with Gasteiger partial charge in [-0.1, -0.05) is 20.4 Å². The average molecular weight is 199 g/mol. The van der Waals surface area contributed by atoms with Crippen molar-refractivity contribution >= 4 is 5.97 Å². The molecule has 0 aliphatic rings. The summed E-state index contributed by atoms with van der Waals surface area (Å²) in [6.07, 6.45) is 1.07. The number of hydrogen-bond acceptors (Lipinski definition) is 2. The molecule has 14 heavy (non-hydrogen) atoms. The van der Waals surface area contributed by atoms with Crippen LogP contribution in [0.4, 0.5) is 0 Å². The van der Waals surface area contributed by atoms with E-state index >= 15 is 0 Å². The molecule has 1 unspecified atom stereocenters. The molecule has 3 nitrogen and oxygen atoms in total. The molecule has 0 saturated heterocycles. The van der Waals surface area contributed by atoms with Crippen molar-refractivity contribution in [3.8, 4) is 0 Å². The molecular formula is C11H21NO2.